The molecule has 0 spiro atoms. The molecule has 0 saturated heterocycles. The zero-order chi connectivity index (χ0) is 12.5. The summed E-state index contributed by atoms with van der Waals surface area (Å²) in [5, 5.41) is 2.91. The lowest BCUT2D eigenvalue weighted by molar-refractivity contribution is 0.0946. The maximum absolute atomic E-state index is 11.9. The zero-order valence-electron chi connectivity index (χ0n) is 10.4. The molecule has 0 radical (unpaired) electrons. The summed E-state index contributed by atoms with van der Waals surface area (Å²) in [6.07, 6.45) is 0.933. The summed E-state index contributed by atoms with van der Waals surface area (Å²) >= 11 is 0. The van der Waals surface area contributed by atoms with E-state index in [0.29, 0.717) is 0 Å². The van der Waals surface area contributed by atoms with Gasteiger partial charge in [0.05, 0.1) is 0 Å². The van der Waals surface area contributed by atoms with E-state index in [-0.39, 0.29) is 5.91 Å². The number of aryl methyl sites for hydroxylation is 1. The molecule has 0 unspecified atom stereocenters. The van der Waals surface area contributed by atoms with Crippen molar-refractivity contribution in [2.24, 2.45) is 0 Å². The summed E-state index contributed by atoms with van der Waals surface area (Å²) in [6.45, 7) is 2.83. The Morgan fingerprint density at radius 3 is 2.61 bits per heavy atom. The van der Waals surface area contributed by atoms with E-state index in [1.165, 1.54) is 11.1 Å². The molecule has 2 aromatic carbocycles. The second-order valence-electron chi connectivity index (χ2n) is 4.69. The zero-order valence-corrected chi connectivity index (χ0v) is 10.4. The topological polar surface area (TPSA) is 29.1 Å². The highest BCUT2D eigenvalue weighted by Gasteiger charge is 2.19. The number of hydrogen-bond donors (Lipinski definition) is 1. The van der Waals surface area contributed by atoms with Crippen LogP contribution in [0.15, 0.2) is 42.5 Å². The monoisotopic (exact) mass is 237 g/mol. The quantitative estimate of drug-likeness (QED) is 0.811. The predicted octanol–water partition coefficient (Wildman–Crippen LogP) is 2.95. The van der Waals surface area contributed by atoms with Crippen molar-refractivity contribution in [1.29, 1.82) is 0 Å². The van der Waals surface area contributed by atoms with E-state index in [0.717, 1.165) is 29.7 Å². The van der Waals surface area contributed by atoms with E-state index in [1.54, 1.807) is 0 Å². The molecule has 1 aliphatic rings. The van der Waals surface area contributed by atoms with Gasteiger partial charge in [0.2, 0.25) is 0 Å². The number of benzene rings is 2. The summed E-state index contributed by atoms with van der Waals surface area (Å²) in [6, 6.07) is 14.4. The molecule has 2 aromatic rings. The molecule has 0 fully saturated rings. The van der Waals surface area contributed by atoms with E-state index in [9.17, 15) is 4.79 Å². The SMILES string of the molecule is Cc1cc(-c2ccccc2)cc2c1CCNC2=O. The maximum Gasteiger partial charge on any atom is 0.251 e. The molecule has 1 N–H and O–H groups in total. The van der Waals surface area contributed by atoms with Crippen LogP contribution in [0.2, 0.25) is 0 Å². The molecule has 1 amide bonds. The van der Waals surface area contributed by atoms with Gasteiger partial charge >= 0.3 is 0 Å². The van der Waals surface area contributed by atoms with Gasteiger partial charge < -0.3 is 5.32 Å². The van der Waals surface area contributed by atoms with Crippen molar-refractivity contribution in [2.45, 2.75) is 13.3 Å². The summed E-state index contributed by atoms with van der Waals surface area (Å²) in [7, 11) is 0. The fourth-order valence-corrected chi connectivity index (χ4v) is 2.55. The first-order valence-electron chi connectivity index (χ1n) is 6.23. The van der Waals surface area contributed by atoms with Gasteiger partial charge in [-0.1, -0.05) is 36.4 Å². The second-order valence-corrected chi connectivity index (χ2v) is 4.69. The van der Waals surface area contributed by atoms with Crippen LogP contribution in [0.3, 0.4) is 0 Å². The maximum atomic E-state index is 11.9. The fourth-order valence-electron chi connectivity index (χ4n) is 2.55. The lowest BCUT2D eigenvalue weighted by Gasteiger charge is -2.20. The Labute approximate surface area is 107 Å². The van der Waals surface area contributed by atoms with Crippen LogP contribution in [0.1, 0.15) is 21.5 Å². The average Bonchev–Trinajstić information content (AvgIpc) is 2.41. The minimum absolute atomic E-state index is 0.0529. The van der Waals surface area contributed by atoms with Crippen LogP contribution < -0.4 is 5.32 Å². The van der Waals surface area contributed by atoms with Gasteiger partial charge in [0, 0.05) is 12.1 Å². The number of hydrogen-bond acceptors (Lipinski definition) is 1. The molecule has 1 aliphatic heterocycles. The number of carbonyl (C=O) groups excluding carboxylic acids is 1. The highest BCUT2D eigenvalue weighted by molar-refractivity contribution is 5.98. The van der Waals surface area contributed by atoms with Gasteiger partial charge in [0.25, 0.3) is 5.91 Å². The van der Waals surface area contributed by atoms with Crippen LogP contribution in [-0.2, 0) is 6.42 Å². The van der Waals surface area contributed by atoms with Crippen LogP contribution in [-0.4, -0.2) is 12.5 Å². The molecule has 0 aromatic heterocycles. The Morgan fingerprint density at radius 1 is 1.06 bits per heavy atom. The first kappa shape index (κ1) is 11.0. The Bertz CT molecular complexity index is 602. The molecule has 0 bridgehead atoms. The molecule has 0 aliphatic carbocycles. The summed E-state index contributed by atoms with van der Waals surface area (Å²) in [4.78, 5) is 11.9. The lowest BCUT2D eigenvalue weighted by Crippen LogP contribution is -2.32. The predicted molar refractivity (Wildman–Crippen MR) is 72.7 cm³/mol. The first-order valence-corrected chi connectivity index (χ1v) is 6.23. The Kier molecular flexibility index (Phi) is 2.63. The van der Waals surface area contributed by atoms with Crippen LogP contribution in [0.25, 0.3) is 11.1 Å². The minimum atomic E-state index is 0.0529. The van der Waals surface area contributed by atoms with Gasteiger partial charge in [0.15, 0.2) is 0 Å². The van der Waals surface area contributed by atoms with Crippen molar-refractivity contribution in [3.63, 3.8) is 0 Å². The van der Waals surface area contributed by atoms with E-state index < -0.39 is 0 Å². The van der Waals surface area contributed by atoms with Crippen molar-refractivity contribution in [3.8, 4) is 11.1 Å². The molecule has 18 heavy (non-hydrogen) atoms. The first-order chi connectivity index (χ1) is 8.75. The molecule has 3 rings (SSSR count). The number of amides is 1. The standard InChI is InChI=1S/C16H15NO/c1-11-9-13(12-5-3-2-4-6-12)10-15-14(11)7-8-17-16(15)18/h2-6,9-10H,7-8H2,1H3,(H,17,18). The number of fused-ring (bicyclic) bond motifs is 1. The van der Waals surface area contributed by atoms with Crippen molar-refractivity contribution in [1.82, 2.24) is 5.32 Å². The van der Waals surface area contributed by atoms with Crippen LogP contribution >= 0.6 is 0 Å². The summed E-state index contributed by atoms with van der Waals surface area (Å²) in [5.74, 6) is 0.0529. The minimum Gasteiger partial charge on any atom is -0.352 e. The Morgan fingerprint density at radius 2 is 1.83 bits per heavy atom. The van der Waals surface area contributed by atoms with Gasteiger partial charge in [-0.2, -0.15) is 0 Å². The van der Waals surface area contributed by atoms with E-state index in [4.69, 9.17) is 0 Å². The smallest absolute Gasteiger partial charge is 0.251 e. The van der Waals surface area contributed by atoms with Crippen molar-refractivity contribution < 1.29 is 4.79 Å². The molecule has 1 heterocycles. The van der Waals surface area contributed by atoms with Crippen LogP contribution in [0.5, 0.6) is 0 Å². The average molecular weight is 237 g/mol. The van der Waals surface area contributed by atoms with Crippen molar-refractivity contribution in [2.75, 3.05) is 6.54 Å². The van der Waals surface area contributed by atoms with Crippen LogP contribution in [0, 0.1) is 6.92 Å². The van der Waals surface area contributed by atoms with E-state index in [2.05, 4.69) is 30.4 Å². The van der Waals surface area contributed by atoms with Crippen molar-refractivity contribution >= 4 is 5.91 Å². The largest absolute Gasteiger partial charge is 0.352 e. The molecule has 2 heteroatoms. The fraction of sp³-hybridized carbons (Fsp3) is 0.188. The third kappa shape index (κ3) is 1.80. The van der Waals surface area contributed by atoms with Crippen LogP contribution in [0.4, 0.5) is 0 Å². The molecule has 0 atom stereocenters. The third-order valence-electron chi connectivity index (χ3n) is 3.49. The third-order valence-corrected chi connectivity index (χ3v) is 3.49. The van der Waals surface area contributed by atoms with E-state index >= 15 is 0 Å². The van der Waals surface area contributed by atoms with Gasteiger partial charge in [-0.15, -0.1) is 0 Å². The Balaban J connectivity index is 2.17. The highest BCUT2D eigenvalue weighted by Crippen LogP contribution is 2.27. The second kappa shape index (κ2) is 4.30. The summed E-state index contributed by atoms with van der Waals surface area (Å²) in [5.41, 5.74) is 5.51. The number of carbonyl (C=O) groups is 1. The lowest BCUT2D eigenvalue weighted by atomic mass is 9.91. The normalized spacial score (nSPS) is 13.9. The van der Waals surface area contributed by atoms with Crippen molar-refractivity contribution in [3.05, 3.63) is 59.2 Å². The van der Waals surface area contributed by atoms with Gasteiger partial charge in [0.1, 0.15) is 0 Å². The molecule has 0 saturated carbocycles. The van der Waals surface area contributed by atoms with E-state index in [1.807, 2.05) is 24.3 Å². The van der Waals surface area contributed by atoms with Gasteiger partial charge in [-0.05, 0) is 41.7 Å². The number of nitrogens with one attached hydrogen (secondary N) is 1. The molecule has 2 nitrogen and oxygen atoms in total. The Hall–Kier alpha value is -2.09. The molecule has 90 valence electrons. The highest BCUT2D eigenvalue weighted by atomic mass is 16.1. The molecular formula is C16H15NO. The summed E-state index contributed by atoms with van der Waals surface area (Å²) < 4.78 is 0. The molecular weight excluding hydrogens is 222 g/mol. The number of rotatable bonds is 1. The van der Waals surface area contributed by atoms with Gasteiger partial charge in [-0.3, -0.25) is 4.79 Å². The van der Waals surface area contributed by atoms with Gasteiger partial charge in [-0.25, -0.2) is 0 Å².